The lowest BCUT2D eigenvalue weighted by Gasteiger charge is -2.27. The molecule has 3 heteroatoms. The number of aliphatic hydroxyl groups is 1. The molecule has 14 heavy (non-hydrogen) atoms. The van der Waals surface area contributed by atoms with Crippen molar-refractivity contribution < 1.29 is 9.50 Å². The highest BCUT2D eigenvalue weighted by atomic mass is 19.1. The molecule has 0 aliphatic carbocycles. The minimum atomic E-state index is -0.230. The first kappa shape index (κ1) is 9.62. The molecule has 76 valence electrons. The Kier molecular flexibility index (Phi) is 2.79. The maximum atomic E-state index is 12.7. The van der Waals surface area contributed by atoms with Gasteiger partial charge < -0.3 is 10.4 Å². The number of aliphatic hydroxyl groups excluding tert-OH is 1. The van der Waals surface area contributed by atoms with E-state index in [2.05, 4.69) is 5.32 Å². The first-order chi connectivity index (χ1) is 6.75. The van der Waals surface area contributed by atoms with Crippen LogP contribution in [0, 0.1) is 5.82 Å². The van der Waals surface area contributed by atoms with Gasteiger partial charge in [0.2, 0.25) is 0 Å². The number of nitrogens with one attached hydrogen (secondary N) is 1. The number of benzene rings is 1. The van der Waals surface area contributed by atoms with Gasteiger partial charge in [0.1, 0.15) is 5.82 Å². The van der Waals surface area contributed by atoms with Gasteiger partial charge in [-0.25, -0.2) is 4.39 Å². The normalized spacial score (nSPS) is 27.6. The molecule has 1 aliphatic rings. The van der Waals surface area contributed by atoms with Crippen LogP contribution >= 0.6 is 0 Å². The van der Waals surface area contributed by atoms with Crippen molar-refractivity contribution in [1.29, 1.82) is 0 Å². The smallest absolute Gasteiger partial charge is 0.123 e. The molecular weight excluding hydrogens is 181 g/mol. The molecule has 0 unspecified atom stereocenters. The summed E-state index contributed by atoms with van der Waals surface area (Å²) in [6.45, 7) is 0.823. The quantitative estimate of drug-likeness (QED) is 0.713. The molecule has 1 saturated heterocycles. The minimum absolute atomic E-state index is 0.166. The van der Waals surface area contributed by atoms with Crippen molar-refractivity contribution in [3.63, 3.8) is 0 Å². The summed E-state index contributed by atoms with van der Waals surface area (Å²) < 4.78 is 12.7. The molecular formula is C11H14FNO. The predicted molar refractivity (Wildman–Crippen MR) is 52.4 cm³/mol. The van der Waals surface area contributed by atoms with Gasteiger partial charge in [-0.15, -0.1) is 0 Å². The summed E-state index contributed by atoms with van der Waals surface area (Å²) in [7, 11) is 0. The second-order valence-corrected chi connectivity index (χ2v) is 3.74. The molecule has 1 fully saturated rings. The molecule has 0 spiro atoms. The fourth-order valence-corrected chi connectivity index (χ4v) is 1.85. The van der Waals surface area contributed by atoms with E-state index in [4.69, 9.17) is 0 Å². The van der Waals surface area contributed by atoms with E-state index in [0.717, 1.165) is 18.5 Å². The van der Waals surface area contributed by atoms with Crippen LogP contribution in [0.3, 0.4) is 0 Å². The van der Waals surface area contributed by atoms with Crippen LogP contribution in [-0.2, 0) is 0 Å². The Morgan fingerprint density at radius 1 is 1.29 bits per heavy atom. The van der Waals surface area contributed by atoms with Crippen molar-refractivity contribution in [2.75, 3.05) is 6.54 Å². The Balaban J connectivity index is 2.10. The molecule has 1 heterocycles. The standard InChI is InChI=1S/C11H14FNO/c12-9-3-1-8(2-4-9)11-7-10(14)5-6-13-11/h1-4,10-11,13-14H,5-7H2/t10-,11+/m1/s1. The summed E-state index contributed by atoms with van der Waals surface area (Å²) in [4.78, 5) is 0. The van der Waals surface area contributed by atoms with Gasteiger partial charge in [-0.2, -0.15) is 0 Å². The van der Waals surface area contributed by atoms with Crippen LogP contribution in [0.1, 0.15) is 24.4 Å². The van der Waals surface area contributed by atoms with Crippen molar-refractivity contribution in [2.45, 2.75) is 25.0 Å². The Bertz CT molecular complexity index is 299. The maximum absolute atomic E-state index is 12.7. The Labute approximate surface area is 82.8 Å². The van der Waals surface area contributed by atoms with E-state index in [-0.39, 0.29) is 18.0 Å². The Hall–Kier alpha value is -0.930. The van der Waals surface area contributed by atoms with Gasteiger partial charge in [-0.3, -0.25) is 0 Å². The molecule has 0 bridgehead atoms. The van der Waals surface area contributed by atoms with Crippen molar-refractivity contribution in [1.82, 2.24) is 5.32 Å². The second-order valence-electron chi connectivity index (χ2n) is 3.74. The highest BCUT2D eigenvalue weighted by Crippen LogP contribution is 2.23. The maximum Gasteiger partial charge on any atom is 0.123 e. The predicted octanol–water partition coefficient (Wildman–Crippen LogP) is 1.61. The molecule has 1 aromatic carbocycles. The third kappa shape index (κ3) is 2.11. The number of halogens is 1. The number of hydrogen-bond donors (Lipinski definition) is 2. The summed E-state index contributed by atoms with van der Waals surface area (Å²) >= 11 is 0. The van der Waals surface area contributed by atoms with Gasteiger partial charge >= 0.3 is 0 Å². The largest absolute Gasteiger partial charge is 0.393 e. The third-order valence-corrected chi connectivity index (χ3v) is 2.65. The van der Waals surface area contributed by atoms with Crippen LogP contribution in [0.2, 0.25) is 0 Å². The number of hydrogen-bond acceptors (Lipinski definition) is 2. The molecule has 2 rings (SSSR count). The van der Waals surface area contributed by atoms with Crippen LogP contribution in [0.15, 0.2) is 24.3 Å². The zero-order valence-corrected chi connectivity index (χ0v) is 7.91. The zero-order valence-electron chi connectivity index (χ0n) is 7.91. The monoisotopic (exact) mass is 195 g/mol. The van der Waals surface area contributed by atoms with Crippen molar-refractivity contribution >= 4 is 0 Å². The molecule has 1 aromatic rings. The summed E-state index contributed by atoms with van der Waals surface area (Å²) in [5.74, 6) is -0.217. The summed E-state index contributed by atoms with van der Waals surface area (Å²) in [5.41, 5.74) is 1.05. The average Bonchev–Trinajstić information content (AvgIpc) is 2.19. The molecule has 2 N–H and O–H groups in total. The van der Waals surface area contributed by atoms with Gasteiger partial charge in [0.05, 0.1) is 6.10 Å². The molecule has 1 aliphatic heterocycles. The van der Waals surface area contributed by atoms with Crippen LogP contribution in [-0.4, -0.2) is 17.8 Å². The summed E-state index contributed by atoms with van der Waals surface area (Å²) in [5, 5.41) is 12.8. The third-order valence-electron chi connectivity index (χ3n) is 2.65. The second kappa shape index (κ2) is 4.07. The van der Waals surface area contributed by atoms with Gasteiger partial charge in [0.25, 0.3) is 0 Å². The SMILES string of the molecule is O[C@@H]1CCN[C@H](c2ccc(F)cc2)C1. The topological polar surface area (TPSA) is 32.3 Å². The fourth-order valence-electron chi connectivity index (χ4n) is 1.85. The minimum Gasteiger partial charge on any atom is -0.393 e. The van der Waals surface area contributed by atoms with E-state index < -0.39 is 0 Å². The number of rotatable bonds is 1. The Morgan fingerprint density at radius 2 is 2.00 bits per heavy atom. The lowest BCUT2D eigenvalue weighted by atomic mass is 9.96. The lowest BCUT2D eigenvalue weighted by molar-refractivity contribution is 0.116. The molecule has 2 nitrogen and oxygen atoms in total. The van der Waals surface area contributed by atoms with Gasteiger partial charge in [-0.1, -0.05) is 12.1 Å². The highest BCUT2D eigenvalue weighted by molar-refractivity contribution is 5.20. The highest BCUT2D eigenvalue weighted by Gasteiger charge is 2.20. The number of piperidine rings is 1. The van der Waals surface area contributed by atoms with Gasteiger partial charge in [-0.05, 0) is 37.1 Å². The van der Waals surface area contributed by atoms with E-state index in [1.807, 2.05) is 0 Å². The van der Waals surface area contributed by atoms with E-state index in [0.29, 0.717) is 6.42 Å². The van der Waals surface area contributed by atoms with E-state index >= 15 is 0 Å². The van der Waals surface area contributed by atoms with E-state index in [9.17, 15) is 9.50 Å². The summed E-state index contributed by atoms with van der Waals surface area (Å²) in [6, 6.07) is 6.62. The van der Waals surface area contributed by atoms with E-state index in [1.165, 1.54) is 12.1 Å². The van der Waals surface area contributed by atoms with Gasteiger partial charge in [0.15, 0.2) is 0 Å². The van der Waals surface area contributed by atoms with Crippen LogP contribution in [0.25, 0.3) is 0 Å². The molecule has 0 amide bonds. The first-order valence-corrected chi connectivity index (χ1v) is 4.92. The molecule has 0 radical (unpaired) electrons. The zero-order chi connectivity index (χ0) is 9.97. The lowest BCUT2D eigenvalue weighted by Crippen LogP contribution is -2.34. The average molecular weight is 195 g/mol. The summed E-state index contributed by atoms with van der Waals surface area (Å²) in [6.07, 6.45) is 1.29. The van der Waals surface area contributed by atoms with Crippen LogP contribution in [0.5, 0.6) is 0 Å². The van der Waals surface area contributed by atoms with Crippen molar-refractivity contribution in [2.24, 2.45) is 0 Å². The molecule has 2 atom stereocenters. The van der Waals surface area contributed by atoms with Crippen molar-refractivity contribution in [3.8, 4) is 0 Å². The molecule has 0 saturated carbocycles. The van der Waals surface area contributed by atoms with Crippen LogP contribution in [0.4, 0.5) is 4.39 Å². The fraction of sp³-hybridized carbons (Fsp3) is 0.455. The van der Waals surface area contributed by atoms with Crippen LogP contribution < -0.4 is 5.32 Å². The molecule has 0 aromatic heterocycles. The van der Waals surface area contributed by atoms with Crippen molar-refractivity contribution in [3.05, 3.63) is 35.6 Å². The Morgan fingerprint density at radius 3 is 2.64 bits per heavy atom. The van der Waals surface area contributed by atoms with E-state index in [1.54, 1.807) is 12.1 Å². The first-order valence-electron chi connectivity index (χ1n) is 4.92. The van der Waals surface area contributed by atoms with Gasteiger partial charge in [0, 0.05) is 6.04 Å².